The lowest BCUT2D eigenvalue weighted by atomic mass is 10.2. The van der Waals surface area contributed by atoms with Crippen LogP contribution in [0.1, 0.15) is 5.56 Å². The Balaban J connectivity index is 2.78. The van der Waals surface area contributed by atoms with E-state index >= 15 is 0 Å². The van der Waals surface area contributed by atoms with Gasteiger partial charge in [-0.1, -0.05) is 6.08 Å². The van der Waals surface area contributed by atoms with E-state index in [0.29, 0.717) is 0 Å². The molecule has 13 heavy (non-hydrogen) atoms. The molecule has 1 nitrogen and oxygen atoms in total. The van der Waals surface area contributed by atoms with Crippen molar-refractivity contribution in [1.29, 1.82) is 0 Å². The average molecular weight is 194 g/mol. The Morgan fingerprint density at radius 3 is 2.85 bits per heavy atom. The summed E-state index contributed by atoms with van der Waals surface area (Å²) in [6, 6.07) is 6.12. The highest BCUT2D eigenvalue weighted by Gasteiger charge is 1.99. The van der Waals surface area contributed by atoms with Crippen molar-refractivity contribution in [3.63, 3.8) is 0 Å². The smallest absolute Gasteiger partial charge is 0.119 e. The minimum atomic E-state index is 0.917. The van der Waals surface area contributed by atoms with Crippen molar-refractivity contribution in [3.05, 3.63) is 36.4 Å². The fourth-order valence-electron chi connectivity index (χ4n) is 1.06. The summed E-state index contributed by atoms with van der Waals surface area (Å²) in [5.74, 6) is 1.87. The van der Waals surface area contributed by atoms with Gasteiger partial charge in [-0.15, -0.1) is 18.3 Å². The first-order valence-electron chi connectivity index (χ1n) is 4.16. The van der Waals surface area contributed by atoms with Gasteiger partial charge in [0, 0.05) is 10.6 Å². The maximum Gasteiger partial charge on any atom is 0.119 e. The molecule has 0 unspecified atom stereocenters. The summed E-state index contributed by atoms with van der Waals surface area (Å²) in [5, 5.41) is 0. The molecule has 1 aromatic rings. The molecule has 2 heteroatoms. The molecule has 0 saturated carbocycles. The molecule has 1 rings (SSSR count). The van der Waals surface area contributed by atoms with Crippen LogP contribution in [0.25, 0.3) is 0 Å². The third-order valence-corrected chi connectivity index (χ3v) is 2.91. The maximum atomic E-state index is 5.13. The molecule has 70 valence electrons. The molecule has 0 aliphatic heterocycles. The first-order chi connectivity index (χ1) is 6.27. The number of benzene rings is 1. The second kappa shape index (κ2) is 4.97. The van der Waals surface area contributed by atoms with E-state index in [2.05, 4.69) is 19.6 Å². The summed E-state index contributed by atoms with van der Waals surface area (Å²) in [6.07, 6.45) is 1.91. The van der Waals surface area contributed by atoms with Crippen LogP contribution in [0.5, 0.6) is 5.75 Å². The minimum Gasteiger partial charge on any atom is -0.497 e. The van der Waals surface area contributed by atoms with Crippen LogP contribution in [0.4, 0.5) is 0 Å². The number of thioether (sulfide) groups is 1. The molecule has 0 fully saturated rings. The Kier molecular flexibility index (Phi) is 3.90. The largest absolute Gasteiger partial charge is 0.497 e. The van der Waals surface area contributed by atoms with Gasteiger partial charge in [0.15, 0.2) is 0 Å². The summed E-state index contributed by atoms with van der Waals surface area (Å²) in [4.78, 5) is 1.29. The Labute approximate surface area is 83.8 Å². The summed E-state index contributed by atoms with van der Waals surface area (Å²) in [6.45, 7) is 5.78. The highest BCUT2D eigenvalue weighted by atomic mass is 32.2. The van der Waals surface area contributed by atoms with Crippen LogP contribution >= 0.6 is 11.8 Å². The highest BCUT2D eigenvalue weighted by Crippen LogP contribution is 2.25. The lowest BCUT2D eigenvalue weighted by Gasteiger charge is -2.05. The van der Waals surface area contributed by atoms with Crippen molar-refractivity contribution in [2.24, 2.45) is 0 Å². The number of aryl methyl sites for hydroxylation is 1. The molecule has 1 aromatic carbocycles. The summed E-state index contributed by atoms with van der Waals surface area (Å²) < 4.78 is 5.13. The highest BCUT2D eigenvalue weighted by molar-refractivity contribution is 7.99. The van der Waals surface area contributed by atoms with Gasteiger partial charge in [-0.3, -0.25) is 0 Å². The van der Waals surface area contributed by atoms with E-state index in [0.717, 1.165) is 11.5 Å². The van der Waals surface area contributed by atoms with E-state index in [1.165, 1.54) is 10.5 Å². The van der Waals surface area contributed by atoms with Crippen LogP contribution in [0.3, 0.4) is 0 Å². The summed E-state index contributed by atoms with van der Waals surface area (Å²) >= 11 is 1.79. The van der Waals surface area contributed by atoms with Crippen LogP contribution in [-0.2, 0) is 0 Å². The van der Waals surface area contributed by atoms with E-state index in [1.54, 1.807) is 18.9 Å². The topological polar surface area (TPSA) is 9.23 Å². The molecule has 0 aliphatic rings. The Hall–Kier alpha value is -0.890. The fraction of sp³-hybridized carbons (Fsp3) is 0.273. The van der Waals surface area contributed by atoms with Crippen molar-refractivity contribution in [2.75, 3.05) is 12.9 Å². The molecular weight excluding hydrogens is 180 g/mol. The van der Waals surface area contributed by atoms with E-state index in [1.807, 2.05) is 18.2 Å². The predicted molar refractivity (Wildman–Crippen MR) is 58.7 cm³/mol. The Morgan fingerprint density at radius 1 is 1.54 bits per heavy atom. The quantitative estimate of drug-likeness (QED) is 0.537. The number of hydrogen-bond acceptors (Lipinski definition) is 2. The molecule has 0 saturated heterocycles. The zero-order valence-corrected chi connectivity index (χ0v) is 8.86. The van der Waals surface area contributed by atoms with Gasteiger partial charge in [0.05, 0.1) is 7.11 Å². The fourth-order valence-corrected chi connectivity index (χ4v) is 1.81. The van der Waals surface area contributed by atoms with Gasteiger partial charge in [0.25, 0.3) is 0 Å². The SMILES string of the molecule is C=CCSc1ccc(OC)cc1C. The minimum absolute atomic E-state index is 0.917. The summed E-state index contributed by atoms with van der Waals surface area (Å²) in [5.41, 5.74) is 1.26. The number of rotatable bonds is 4. The maximum absolute atomic E-state index is 5.13. The van der Waals surface area contributed by atoms with E-state index in [9.17, 15) is 0 Å². The van der Waals surface area contributed by atoms with Gasteiger partial charge in [-0.05, 0) is 30.7 Å². The lowest BCUT2D eigenvalue weighted by molar-refractivity contribution is 0.414. The van der Waals surface area contributed by atoms with Crippen molar-refractivity contribution in [2.45, 2.75) is 11.8 Å². The molecule has 0 atom stereocenters. The van der Waals surface area contributed by atoms with Gasteiger partial charge in [0.2, 0.25) is 0 Å². The van der Waals surface area contributed by atoms with Crippen LogP contribution in [0, 0.1) is 6.92 Å². The van der Waals surface area contributed by atoms with Crippen molar-refractivity contribution in [3.8, 4) is 5.75 Å². The van der Waals surface area contributed by atoms with Gasteiger partial charge >= 0.3 is 0 Å². The van der Waals surface area contributed by atoms with E-state index in [4.69, 9.17) is 4.74 Å². The molecule has 0 N–H and O–H groups in total. The number of ether oxygens (including phenoxy) is 1. The average Bonchev–Trinajstić information content (AvgIpc) is 2.16. The molecule has 0 amide bonds. The molecule has 0 aromatic heterocycles. The van der Waals surface area contributed by atoms with E-state index < -0.39 is 0 Å². The van der Waals surface area contributed by atoms with Crippen molar-refractivity contribution in [1.82, 2.24) is 0 Å². The Morgan fingerprint density at radius 2 is 2.31 bits per heavy atom. The lowest BCUT2D eigenvalue weighted by Crippen LogP contribution is -1.85. The summed E-state index contributed by atoms with van der Waals surface area (Å²) in [7, 11) is 1.69. The van der Waals surface area contributed by atoms with E-state index in [-0.39, 0.29) is 0 Å². The first-order valence-corrected chi connectivity index (χ1v) is 5.15. The number of hydrogen-bond donors (Lipinski definition) is 0. The van der Waals surface area contributed by atoms with Crippen LogP contribution in [-0.4, -0.2) is 12.9 Å². The van der Waals surface area contributed by atoms with Gasteiger partial charge in [-0.2, -0.15) is 0 Å². The molecule has 0 heterocycles. The standard InChI is InChI=1S/C11H14OS/c1-4-7-13-11-6-5-10(12-3)8-9(11)2/h4-6,8H,1,7H2,2-3H3. The number of methoxy groups -OCH3 is 1. The molecule has 0 bridgehead atoms. The van der Waals surface area contributed by atoms with Crippen LogP contribution in [0.15, 0.2) is 35.7 Å². The normalized spacial score (nSPS) is 9.69. The third kappa shape index (κ3) is 2.81. The van der Waals surface area contributed by atoms with Gasteiger partial charge in [0.1, 0.15) is 5.75 Å². The molecule has 0 radical (unpaired) electrons. The van der Waals surface area contributed by atoms with Gasteiger partial charge < -0.3 is 4.74 Å². The second-order valence-corrected chi connectivity index (χ2v) is 3.79. The first kappa shape index (κ1) is 10.2. The predicted octanol–water partition coefficient (Wildman–Crippen LogP) is 3.28. The monoisotopic (exact) mass is 194 g/mol. The zero-order valence-electron chi connectivity index (χ0n) is 8.04. The molecular formula is C11H14OS. The van der Waals surface area contributed by atoms with Crippen LogP contribution in [0.2, 0.25) is 0 Å². The van der Waals surface area contributed by atoms with Gasteiger partial charge in [-0.25, -0.2) is 0 Å². The Bertz CT molecular complexity index is 294. The molecule has 0 aliphatic carbocycles. The third-order valence-electron chi connectivity index (χ3n) is 1.74. The molecule has 0 spiro atoms. The van der Waals surface area contributed by atoms with Crippen LogP contribution < -0.4 is 4.74 Å². The van der Waals surface area contributed by atoms with Crippen molar-refractivity contribution < 1.29 is 4.74 Å². The zero-order chi connectivity index (χ0) is 9.68. The second-order valence-electron chi connectivity index (χ2n) is 2.73. The van der Waals surface area contributed by atoms with Crippen molar-refractivity contribution >= 4 is 11.8 Å².